The molecule has 0 aliphatic carbocycles. The van der Waals surface area contributed by atoms with Gasteiger partial charge in [-0.25, -0.2) is 0 Å². The summed E-state index contributed by atoms with van der Waals surface area (Å²) in [5, 5.41) is 0. The number of hydrogen-bond acceptors (Lipinski definition) is 0. The Morgan fingerprint density at radius 2 is 1.27 bits per heavy atom. The van der Waals surface area contributed by atoms with E-state index in [9.17, 15) is 0 Å². The van der Waals surface area contributed by atoms with E-state index in [4.69, 9.17) is 0 Å². The summed E-state index contributed by atoms with van der Waals surface area (Å²) >= 11 is 0. The Balaban J connectivity index is 2.35. The molecule has 0 aromatic rings. The molecule has 1 rings (SSSR count). The van der Waals surface area contributed by atoms with E-state index in [-0.39, 0.29) is 0 Å². The lowest BCUT2D eigenvalue weighted by atomic mass is 10.0. The Morgan fingerprint density at radius 3 is 1.45 bits per heavy atom. The van der Waals surface area contributed by atoms with E-state index in [1.807, 2.05) is 0 Å². The molecule has 1 aliphatic heterocycles. The Kier molecular flexibility index (Phi) is 3.37. The first kappa shape index (κ1) is 9.52. The molecule has 2 unspecified atom stereocenters. The van der Waals surface area contributed by atoms with Crippen molar-refractivity contribution in [2.75, 3.05) is 0 Å². The molecule has 0 saturated carbocycles. The highest BCUT2D eigenvalue weighted by molar-refractivity contribution is 7.40. The Morgan fingerprint density at radius 1 is 0.909 bits per heavy atom. The van der Waals surface area contributed by atoms with E-state index in [0.717, 1.165) is 23.2 Å². The molecule has 2 atom stereocenters. The average molecular weight is 172 g/mol. The molecule has 0 aromatic carbocycles. The van der Waals surface area contributed by atoms with Crippen molar-refractivity contribution in [1.82, 2.24) is 0 Å². The van der Waals surface area contributed by atoms with Crippen molar-refractivity contribution in [1.29, 1.82) is 0 Å². The van der Waals surface area contributed by atoms with Crippen LogP contribution in [0.1, 0.15) is 40.5 Å². The first-order chi connectivity index (χ1) is 5.11. The maximum Gasteiger partial charge on any atom is -0.0211 e. The fourth-order valence-corrected chi connectivity index (χ4v) is 3.84. The van der Waals surface area contributed by atoms with Crippen LogP contribution in [0.5, 0.6) is 0 Å². The molecule has 0 aromatic heterocycles. The van der Waals surface area contributed by atoms with Gasteiger partial charge in [-0.3, -0.25) is 0 Å². The zero-order chi connectivity index (χ0) is 8.43. The molecule has 11 heavy (non-hydrogen) atoms. The molecule has 0 N–H and O–H groups in total. The Bertz CT molecular complexity index is 104. The van der Waals surface area contributed by atoms with Gasteiger partial charge in [-0.2, -0.15) is 0 Å². The van der Waals surface area contributed by atoms with Crippen LogP contribution < -0.4 is 0 Å². The van der Waals surface area contributed by atoms with Crippen molar-refractivity contribution in [2.45, 2.75) is 51.9 Å². The second-order valence-corrected chi connectivity index (χ2v) is 6.26. The van der Waals surface area contributed by atoms with Crippen LogP contribution in [-0.2, 0) is 0 Å². The largest absolute Gasteiger partial charge is 0.115 e. The zero-order valence-electron chi connectivity index (χ0n) is 8.22. The predicted molar refractivity (Wildman–Crippen MR) is 54.8 cm³/mol. The minimum atomic E-state index is 0.928. The third kappa shape index (κ3) is 2.44. The van der Waals surface area contributed by atoms with Gasteiger partial charge in [0.2, 0.25) is 0 Å². The molecule has 0 radical (unpaired) electrons. The third-order valence-electron chi connectivity index (χ3n) is 2.83. The summed E-state index contributed by atoms with van der Waals surface area (Å²) in [4.78, 5) is 0. The van der Waals surface area contributed by atoms with Crippen molar-refractivity contribution in [3.05, 3.63) is 0 Å². The molecule has 1 aliphatic rings. The summed E-state index contributed by atoms with van der Waals surface area (Å²) in [7, 11) is 1.25. The van der Waals surface area contributed by atoms with Crippen LogP contribution in [0.15, 0.2) is 0 Å². The number of rotatable bonds is 2. The second kappa shape index (κ2) is 3.90. The average Bonchev–Trinajstić information content (AvgIpc) is 2.33. The maximum absolute atomic E-state index is 2.38. The van der Waals surface area contributed by atoms with Crippen molar-refractivity contribution >= 4 is 8.58 Å². The fourth-order valence-electron chi connectivity index (χ4n) is 1.85. The van der Waals surface area contributed by atoms with Crippen molar-refractivity contribution < 1.29 is 0 Å². The quantitative estimate of drug-likeness (QED) is 0.559. The van der Waals surface area contributed by atoms with E-state index in [2.05, 4.69) is 27.7 Å². The van der Waals surface area contributed by atoms with Gasteiger partial charge in [-0.1, -0.05) is 27.7 Å². The standard InChI is InChI=1S/C10H21P/c1-7(2)9-5-6-10(11-9)8(3)4/h7-11H,5-6H2,1-4H3. The molecule has 0 bridgehead atoms. The van der Waals surface area contributed by atoms with Crippen LogP contribution in [0.2, 0.25) is 0 Å². The minimum Gasteiger partial charge on any atom is -0.115 e. The molecule has 1 saturated heterocycles. The van der Waals surface area contributed by atoms with Crippen molar-refractivity contribution in [3.63, 3.8) is 0 Å². The highest BCUT2D eigenvalue weighted by Gasteiger charge is 2.27. The summed E-state index contributed by atoms with van der Waals surface area (Å²) in [6.07, 6.45) is 3.00. The molecule has 0 nitrogen and oxygen atoms in total. The highest BCUT2D eigenvalue weighted by atomic mass is 31.1. The number of hydrogen-bond donors (Lipinski definition) is 0. The van der Waals surface area contributed by atoms with Crippen LogP contribution >= 0.6 is 8.58 Å². The SMILES string of the molecule is CC(C)C1CCC(C(C)C)P1. The molecule has 66 valence electrons. The molecule has 0 spiro atoms. The van der Waals surface area contributed by atoms with E-state index in [0.29, 0.717) is 0 Å². The van der Waals surface area contributed by atoms with Gasteiger partial charge in [-0.15, -0.1) is 8.58 Å². The lowest BCUT2D eigenvalue weighted by Crippen LogP contribution is -2.06. The van der Waals surface area contributed by atoms with Crippen LogP contribution in [0, 0.1) is 11.8 Å². The van der Waals surface area contributed by atoms with E-state index in [1.54, 1.807) is 0 Å². The van der Waals surface area contributed by atoms with Crippen LogP contribution in [0.4, 0.5) is 0 Å². The van der Waals surface area contributed by atoms with E-state index >= 15 is 0 Å². The van der Waals surface area contributed by atoms with Crippen LogP contribution in [-0.4, -0.2) is 11.3 Å². The smallest absolute Gasteiger partial charge is 0.0211 e. The third-order valence-corrected chi connectivity index (χ3v) is 5.59. The summed E-state index contributed by atoms with van der Waals surface area (Å²) in [5.74, 6) is 1.86. The van der Waals surface area contributed by atoms with Crippen molar-refractivity contribution in [2.24, 2.45) is 11.8 Å². The minimum absolute atomic E-state index is 0.928. The molecular weight excluding hydrogens is 151 g/mol. The normalized spacial score (nSPS) is 34.4. The molecule has 1 fully saturated rings. The fraction of sp³-hybridized carbons (Fsp3) is 1.00. The zero-order valence-corrected chi connectivity index (χ0v) is 9.22. The first-order valence-electron chi connectivity index (χ1n) is 4.87. The van der Waals surface area contributed by atoms with Gasteiger partial charge in [0.1, 0.15) is 0 Å². The Hall–Kier alpha value is 0.430. The highest BCUT2D eigenvalue weighted by Crippen LogP contribution is 2.46. The van der Waals surface area contributed by atoms with Gasteiger partial charge in [0.25, 0.3) is 0 Å². The Labute approximate surface area is 72.9 Å². The van der Waals surface area contributed by atoms with Gasteiger partial charge in [-0.05, 0) is 36.0 Å². The van der Waals surface area contributed by atoms with Gasteiger partial charge in [0, 0.05) is 0 Å². The monoisotopic (exact) mass is 172 g/mol. The van der Waals surface area contributed by atoms with E-state index < -0.39 is 0 Å². The molecule has 1 heteroatoms. The van der Waals surface area contributed by atoms with E-state index in [1.165, 1.54) is 21.4 Å². The van der Waals surface area contributed by atoms with Crippen LogP contribution in [0.25, 0.3) is 0 Å². The topological polar surface area (TPSA) is 0 Å². The maximum atomic E-state index is 2.38. The predicted octanol–water partition coefficient (Wildman–Crippen LogP) is 3.51. The lowest BCUT2D eigenvalue weighted by Gasteiger charge is -2.17. The summed E-state index contributed by atoms with van der Waals surface area (Å²) in [6.45, 7) is 9.50. The van der Waals surface area contributed by atoms with Gasteiger partial charge < -0.3 is 0 Å². The molecular formula is C10H21P. The molecule has 1 heterocycles. The lowest BCUT2D eigenvalue weighted by molar-refractivity contribution is 0.543. The van der Waals surface area contributed by atoms with Crippen molar-refractivity contribution in [3.8, 4) is 0 Å². The van der Waals surface area contributed by atoms with Gasteiger partial charge in [0.15, 0.2) is 0 Å². The second-order valence-electron chi connectivity index (χ2n) is 4.45. The summed E-state index contributed by atoms with van der Waals surface area (Å²) in [6, 6.07) is 0. The summed E-state index contributed by atoms with van der Waals surface area (Å²) in [5.41, 5.74) is 2.12. The molecule has 0 amide bonds. The summed E-state index contributed by atoms with van der Waals surface area (Å²) < 4.78 is 0. The van der Waals surface area contributed by atoms with Gasteiger partial charge in [0.05, 0.1) is 0 Å². The van der Waals surface area contributed by atoms with Crippen LogP contribution in [0.3, 0.4) is 0 Å². The van der Waals surface area contributed by atoms with Gasteiger partial charge >= 0.3 is 0 Å². The first-order valence-corrected chi connectivity index (χ1v) is 6.02.